The summed E-state index contributed by atoms with van der Waals surface area (Å²) in [4.78, 5) is 13.8. The average Bonchev–Trinajstić information content (AvgIpc) is 2.98. The van der Waals surface area contributed by atoms with Crippen molar-refractivity contribution >= 4 is 45.4 Å². The fourth-order valence-corrected chi connectivity index (χ4v) is 3.25. The zero-order chi connectivity index (χ0) is 17.4. The van der Waals surface area contributed by atoms with Crippen LogP contribution in [0.5, 0.6) is 0 Å². The van der Waals surface area contributed by atoms with E-state index >= 15 is 0 Å². The molecule has 1 aliphatic rings. The minimum Gasteiger partial charge on any atom is -0.450 e. The van der Waals surface area contributed by atoms with Crippen LogP contribution in [-0.4, -0.2) is 66.4 Å². The zero-order valence-corrected chi connectivity index (χ0v) is 14.8. The first-order chi connectivity index (χ1) is 12.2. The molecule has 0 aliphatic carbocycles. The molecular formula is C17H20ClN5O2. The summed E-state index contributed by atoms with van der Waals surface area (Å²) in [6.07, 6.45) is 0. The standard InChI is InChI=1S/C17H20ClN5O2/c1-22-5-7-23(8-6-22)16-15-14(20-17(21-16)19-4-9-24)12-10-11(18)2-3-13(12)25-15/h2-3,10,24H,4-9H2,1H3,(H,19,20,21). The molecule has 2 aromatic heterocycles. The molecule has 1 saturated heterocycles. The number of halogens is 1. The van der Waals surface area contributed by atoms with E-state index in [2.05, 4.69) is 32.1 Å². The number of hydrogen-bond acceptors (Lipinski definition) is 7. The Morgan fingerprint density at radius 2 is 2.04 bits per heavy atom. The largest absolute Gasteiger partial charge is 0.450 e. The summed E-state index contributed by atoms with van der Waals surface area (Å²) in [5.74, 6) is 1.27. The van der Waals surface area contributed by atoms with Crippen LogP contribution in [0.1, 0.15) is 0 Å². The highest BCUT2D eigenvalue weighted by molar-refractivity contribution is 6.31. The van der Waals surface area contributed by atoms with Gasteiger partial charge in [0.15, 0.2) is 11.4 Å². The zero-order valence-electron chi connectivity index (χ0n) is 14.0. The molecule has 0 atom stereocenters. The third-order valence-corrected chi connectivity index (χ3v) is 4.69. The quantitative estimate of drug-likeness (QED) is 0.737. The SMILES string of the molecule is CN1CCN(c2nc(NCCO)nc3c2oc2ccc(Cl)cc23)CC1. The molecule has 0 unspecified atom stereocenters. The Kier molecular flexibility index (Phi) is 4.37. The maximum absolute atomic E-state index is 9.09. The van der Waals surface area contributed by atoms with Gasteiger partial charge in [0.25, 0.3) is 0 Å². The highest BCUT2D eigenvalue weighted by Crippen LogP contribution is 2.35. The number of aromatic nitrogens is 2. The van der Waals surface area contributed by atoms with Crippen LogP contribution in [0.2, 0.25) is 5.02 Å². The first-order valence-electron chi connectivity index (χ1n) is 8.34. The number of benzene rings is 1. The summed E-state index contributed by atoms with van der Waals surface area (Å²) in [6.45, 7) is 4.10. The van der Waals surface area contributed by atoms with Crippen LogP contribution in [-0.2, 0) is 0 Å². The normalized spacial score (nSPS) is 16.0. The molecule has 0 radical (unpaired) electrons. The number of likely N-dealkylation sites (N-methyl/N-ethyl adjacent to an activating group) is 1. The van der Waals surface area contributed by atoms with E-state index in [9.17, 15) is 0 Å². The molecule has 3 aromatic rings. The lowest BCUT2D eigenvalue weighted by Crippen LogP contribution is -2.45. The molecule has 1 aliphatic heterocycles. The molecule has 1 aromatic carbocycles. The summed E-state index contributed by atoms with van der Waals surface area (Å²) >= 11 is 6.15. The lowest BCUT2D eigenvalue weighted by molar-refractivity contribution is 0.310. The van der Waals surface area contributed by atoms with E-state index in [4.69, 9.17) is 21.1 Å². The molecule has 7 nitrogen and oxygen atoms in total. The second-order valence-corrected chi connectivity index (χ2v) is 6.67. The van der Waals surface area contributed by atoms with Crippen molar-refractivity contribution in [3.05, 3.63) is 23.2 Å². The Balaban J connectivity index is 1.87. The second kappa shape index (κ2) is 6.67. The topological polar surface area (TPSA) is 77.7 Å². The van der Waals surface area contributed by atoms with Crippen molar-refractivity contribution < 1.29 is 9.52 Å². The van der Waals surface area contributed by atoms with Crippen molar-refractivity contribution in [3.63, 3.8) is 0 Å². The van der Waals surface area contributed by atoms with E-state index in [0.717, 1.165) is 48.5 Å². The first-order valence-corrected chi connectivity index (χ1v) is 8.71. The molecule has 0 spiro atoms. The molecule has 0 bridgehead atoms. The number of furan rings is 1. The molecule has 132 valence electrons. The maximum Gasteiger partial charge on any atom is 0.225 e. The van der Waals surface area contributed by atoms with Crippen LogP contribution in [0.3, 0.4) is 0 Å². The van der Waals surface area contributed by atoms with E-state index in [1.165, 1.54) is 0 Å². The fraction of sp³-hybridized carbons (Fsp3) is 0.412. The molecule has 0 saturated carbocycles. The predicted octanol–water partition coefficient (Wildman–Crippen LogP) is 2.19. The smallest absolute Gasteiger partial charge is 0.225 e. The number of aliphatic hydroxyl groups excluding tert-OH is 1. The van der Waals surface area contributed by atoms with Gasteiger partial charge in [-0.2, -0.15) is 4.98 Å². The van der Waals surface area contributed by atoms with Crippen molar-refractivity contribution in [1.29, 1.82) is 0 Å². The highest BCUT2D eigenvalue weighted by Gasteiger charge is 2.23. The Bertz CT molecular complexity index is 905. The number of nitrogens with one attached hydrogen (secondary N) is 1. The van der Waals surface area contributed by atoms with Crippen LogP contribution >= 0.6 is 11.6 Å². The maximum atomic E-state index is 9.09. The Morgan fingerprint density at radius 1 is 1.24 bits per heavy atom. The monoisotopic (exact) mass is 361 g/mol. The van der Waals surface area contributed by atoms with Crippen molar-refractivity contribution in [2.45, 2.75) is 0 Å². The third-order valence-electron chi connectivity index (χ3n) is 4.45. The molecule has 3 heterocycles. The fourth-order valence-electron chi connectivity index (χ4n) is 3.08. The summed E-state index contributed by atoms with van der Waals surface area (Å²) < 4.78 is 6.06. The van der Waals surface area contributed by atoms with E-state index in [-0.39, 0.29) is 6.61 Å². The number of nitrogens with zero attached hydrogens (tertiary/aromatic N) is 4. The van der Waals surface area contributed by atoms with Gasteiger partial charge in [-0.3, -0.25) is 0 Å². The highest BCUT2D eigenvalue weighted by atomic mass is 35.5. The molecule has 8 heteroatoms. The van der Waals surface area contributed by atoms with Crippen molar-refractivity contribution in [2.24, 2.45) is 0 Å². The summed E-state index contributed by atoms with van der Waals surface area (Å²) in [7, 11) is 2.12. The summed E-state index contributed by atoms with van der Waals surface area (Å²) in [5, 5.41) is 13.7. The third kappa shape index (κ3) is 3.10. The average molecular weight is 362 g/mol. The van der Waals surface area contributed by atoms with E-state index in [0.29, 0.717) is 23.1 Å². The summed E-state index contributed by atoms with van der Waals surface area (Å²) in [5.41, 5.74) is 2.15. The Labute approximate surface area is 150 Å². The van der Waals surface area contributed by atoms with Crippen LogP contribution in [0, 0.1) is 0 Å². The van der Waals surface area contributed by atoms with Crippen LogP contribution in [0.25, 0.3) is 22.1 Å². The second-order valence-electron chi connectivity index (χ2n) is 6.23. The molecule has 1 fully saturated rings. The van der Waals surface area contributed by atoms with Crippen molar-refractivity contribution in [2.75, 3.05) is 56.6 Å². The number of anilines is 2. The van der Waals surface area contributed by atoms with Gasteiger partial charge in [0.05, 0.1) is 6.61 Å². The first kappa shape index (κ1) is 16.4. The van der Waals surface area contributed by atoms with Gasteiger partial charge in [-0.15, -0.1) is 0 Å². The predicted molar refractivity (Wildman–Crippen MR) is 99.6 cm³/mol. The number of aliphatic hydroxyl groups is 1. The van der Waals surface area contributed by atoms with Gasteiger partial charge in [-0.1, -0.05) is 11.6 Å². The molecule has 0 amide bonds. The number of piperazine rings is 1. The Hall–Kier alpha value is -2.09. The number of fused-ring (bicyclic) bond motifs is 3. The van der Waals surface area contributed by atoms with Gasteiger partial charge in [-0.05, 0) is 25.2 Å². The Morgan fingerprint density at radius 3 is 2.80 bits per heavy atom. The van der Waals surface area contributed by atoms with E-state index < -0.39 is 0 Å². The molecule has 4 rings (SSSR count). The van der Waals surface area contributed by atoms with Crippen molar-refractivity contribution in [1.82, 2.24) is 14.9 Å². The van der Waals surface area contributed by atoms with Gasteiger partial charge in [0.1, 0.15) is 11.1 Å². The molecular weight excluding hydrogens is 342 g/mol. The van der Waals surface area contributed by atoms with Crippen LogP contribution in [0.15, 0.2) is 22.6 Å². The lowest BCUT2D eigenvalue weighted by atomic mass is 10.2. The molecule has 2 N–H and O–H groups in total. The van der Waals surface area contributed by atoms with E-state index in [1.807, 2.05) is 12.1 Å². The van der Waals surface area contributed by atoms with Crippen molar-refractivity contribution in [3.8, 4) is 0 Å². The minimum atomic E-state index is 0.0171. The number of hydrogen-bond donors (Lipinski definition) is 2. The molecule has 25 heavy (non-hydrogen) atoms. The van der Waals surface area contributed by atoms with Gasteiger partial charge >= 0.3 is 0 Å². The van der Waals surface area contributed by atoms with E-state index in [1.54, 1.807) is 6.07 Å². The lowest BCUT2D eigenvalue weighted by Gasteiger charge is -2.33. The van der Waals surface area contributed by atoms with Gasteiger partial charge in [0, 0.05) is 43.1 Å². The minimum absolute atomic E-state index is 0.0171. The van der Waals surface area contributed by atoms with Gasteiger partial charge in [-0.25, -0.2) is 4.98 Å². The number of rotatable bonds is 4. The van der Waals surface area contributed by atoms with Crippen LogP contribution in [0.4, 0.5) is 11.8 Å². The van der Waals surface area contributed by atoms with Gasteiger partial charge in [0.2, 0.25) is 5.95 Å². The summed E-state index contributed by atoms with van der Waals surface area (Å²) in [6, 6.07) is 5.52. The van der Waals surface area contributed by atoms with Gasteiger partial charge < -0.3 is 24.6 Å². The van der Waals surface area contributed by atoms with Crippen LogP contribution < -0.4 is 10.2 Å².